The number of carbonyl (C=O) groups excluding carboxylic acids is 4. The number of hydrogen-bond donors (Lipinski definition) is 4. The van der Waals surface area contributed by atoms with E-state index in [-0.39, 0.29) is 43.0 Å². The van der Waals surface area contributed by atoms with Crippen LogP contribution in [0.15, 0.2) is 54.6 Å². The van der Waals surface area contributed by atoms with Gasteiger partial charge in [0.1, 0.15) is 34.8 Å². The summed E-state index contributed by atoms with van der Waals surface area (Å²) in [5, 5.41) is 12.1. The van der Waals surface area contributed by atoms with Crippen LogP contribution in [-0.4, -0.2) is 135 Å². The predicted octanol–water partition coefficient (Wildman–Crippen LogP) is 8.61. The van der Waals surface area contributed by atoms with Crippen molar-refractivity contribution in [2.45, 2.75) is 118 Å². The molecule has 0 fully saturated rings. The van der Waals surface area contributed by atoms with Gasteiger partial charge in [-0.15, -0.1) is 0 Å². The molecule has 0 aliphatic carbocycles. The lowest BCUT2D eigenvalue weighted by Gasteiger charge is -2.32. The number of carbonyl (C=O) groups is 4. The molecule has 2 rings (SSSR count). The quantitative estimate of drug-likeness (QED) is 0.0341. The smallest absolute Gasteiger partial charge is 0.410 e. The molecule has 2 unspecified atom stereocenters. The Morgan fingerprint density at radius 3 is 1.54 bits per heavy atom. The molecule has 2 aromatic rings. The van der Waals surface area contributed by atoms with Gasteiger partial charge in [0.15, 0.2) is 0 Å². The van der Waals surface area contributed by atoms with Gasteiger partial charge in [-0.25, -0.2) is 28.9 Å². The third kappa shape index (κ3) is 23.4. The molecule has 386 valence electrons. The number of rotatable bonds is 29. The highest BCUT2D eigenvalue weighted by Crippen LogP contribution is 2.58. The second kappa shape index (κ2) is 28.4. The lowest BCUT2D eigenvalue weighted by atomic mass is 9.98. The molecule has 2 amide bonds. The van der Waals surface area contributed by atoms with Crippen molar-refractivity contribution >= 4 is 60.3 Å². The fraction of sp³-hybridized carbons (Fsp3) is 0.652. The number of ether oxygens (including phenoxy) is 4. The normalized spacial score (nSPS) is 15.1. The van der Waals surface area contributed by atoms with Crippen molar-refractivity contribution in [2.75, 3.05) is 65.9 Å². The molecule has 0 aromatic heterocycles. The molecule has 0 bridgehead atoms. The van der Waals surface area contributed by atoms with Crippen molar-refractivity contribution in [1.29, 1.82) is 0 Å². The number of nitrogens with one attached hydrogen (secondary N) is 4. The van der Waals surface area contributed by atoms with E-state index in [2.05, 4.69) is 20.8 Å². The van der Waals surface area contributed by atoms with Gasteiger partial charge in [-0.3, -0.25) is 9.59 Å². The first-order chi connectivity index (χ1) is 31.6. The van der Waals surface area contributed by atoms with Crippen LogP contribution in [0.4, 0.5) is 9.59 Å². The Balaban J connectivity index is 2.40. The minimum absolute atomic E-state index is 0.0383. The minimum Gasteiger partial charge on any atom is -0.462 e. The van der Waals surface area contributed by atoms with E-state index in [0.717, 1.165) is 22.8 Å². The van der Waals surface area contributed by atoms with Crippen molar-refractivity contribution in [1.82, 2.24) is 30.6 Å². The van der Waals surface area contributed by atoms with Crippen LogP contribution in [0, 0.1) is 11.8 Å². The number of hydrogen-bond acceptors (Lipinski definition) is 16. The predicted molar refractivity (Wildman–Crippen MR) is 273 cm³/mol. The van der Waals surface area contributed by atoms with Crippen LogP contribution in [0.1, 0.15) is 81.7 Å². The van der Waals surface area contributed by atoms with Crippen LogP contribution in [-0.2, 0) is 44.1 Å². The Bertz CT molecular complexity index is 1990. The van der Waals surface area contributed by atoms with E-state index in [1.54, 1.807) is 138 Å². The fourth-order valence-corrected chi connectivity index (χ4v) is 14.6. The van der Waals surface area contributed by atoms with Crippen molar-refractivity contribution in [3.63, 3.8) is 0 Å². The fourth-order valence-electron chi connectivity index (χ4n) is 6.33. The molecule has 0 saturated heterocycles. The molecule has 5 atom stereocenters. The molecule has 68 heavy (non-hydrogen) atoms. The third-order valence-electron chi connectivity index (χ3n) is 9.28. The first-order valence-corrected chi connectivity index (χ1v) is 29.2. The SMILES string of the molecule is CNCC(CNC)CS[P@](=O)(N[C@@H](C)C(=O)OC(C)C)Oc1ccccc1CC(C)(C)OC(=O)N(C)CC(CSP(=O)(N[C@@H](C)C(=O)OC(C)C)Oc1ccccc1)CN(C)C(=O)OC(C)(C)C. The van der Waals surface area contributed by atoms with Crippen LogP contribution in [0.3, 0.4) is 0 Å². The summed E-state index contributed by atoms with van der Waals surface area (Å²) in [6, 6.07) is 13.6. The summed E-state index contributed by atoms with van der Waals surface area (Å²) in [6.45, 7) is 12.4. The summed E-state index contributed by atoms with van der Waals surface area (Å²) in [7, 11) is 6.82. The molecule has 0 spiro atoms. The van der Waals surface area contributed by atoms with Gasteiger partial charge in [0.2, 0.25) is 0 Å². The lowest BCUT2D eigenvalue weighted by molar-refractivity contribution is -0.149. The van der Waals surface area contributed by atoms with E-state index in [4.69, 9.17) is 28.0 Å². The van der Waals surface area contributed by atoms with Crippen molar-refractivity contribution in [3.8, 4) is 11.5 Å². The van der Waals surface area contributed by atoms with Crippen LogP contribution in [0.2, 0.25) is 0 Å². The highest BCUT2D eigenvalue weighted by atomic mass is 32.7. The number of amides is 2. The van der Waals surface area contributed by atoms with E-state index in [0.29, 0.717) is 30.2 Å². The molecule has 2 aromatic carbocycles. The topological polar surface area (TPSA) is 212 Å². The molecule has 18 nitrogen and oxygen atoms in total. The number of esters is 2. The Morgan fingerprint density at radius 2 is 1.07 bits per heavy atom. The van der Waals surface area contributed by atoms with Crippen LogP contribution in [0.5, 0.6) is 11.5 Å². The minimum atomic E-state index is -3.91. The maximum Gasteiger partial charge on any atom is 0.410 e. The highest BCUT2D eigenvalue weighted by molar-refractivity contribution is 8.56. The van der Waals surface area contributed by atoms with E-state index in [1.807, 2.05) is 14.1 Å². The summed E-state index contributed by atoms with van der Waals surface area (Å²) >= 11 is 2.03. The molecule has 22 heteroatoms. The molecule has 0 radical (unpaired) electrons. The second-order valence-electron chi connectivity index (χ2n) is 18.8. The van der Waals surface area contributed by atoms with Gasteiger partial charge >= 0.3 is 37.6 Å². The highest BCUT2D eigenvalue weighted by Gasteiger charge is 2.37. The molecule has 4 N–H and O–H groups in total. The van der Waals surface area contributed by atoms with Crippen LogP contribution >= 0.6 is 36.2 Å². The maximum absolute atomic E-state index is 14.7. The molecular formula is C46H78N6O12P2S2. The van der Waals surface area contributed by atoms with Crippen molar-refractivity contribution < 1.29 is 56.3 Å². The van der Waals surface area contributed by atoms with E-state index < -0.39 is 72.9 Å². The van der Waals surface area contributed by atoms with E-state index >= 15 is 0 Å². The summed E-state index contributed by atoms with van der Waals surface area (Å²) in [5.41, 5.74) is -1.32. The van der Waals surface area contributed by atoms with Gasteiger partial charge in [-0.2, -0.15) is 0 Å². The molecule has 0 heterocycles. The van der Waals surface area contributed by atoms with Gasteiger partial charge in [-0.05, 0) is 156 Å². The van der Waals surface area contributed by atoms with Crippen molar-refractivity contribution in [3.05, 3.63) is 60.2 Å². The Kier molecular flexibility index (Phi) is 25.3. The van der Waals surface area contributed by atoms with E-state index in [9.17, 15) is 28.3 Å². The number of para-hydroxylation sites is 2. The lowest BCUT2D eigenvalue weighted by Crippen LogP contribution is -2.43. The zero-order chi connectivity index (χ0) is 51.5. The second-order valence-corrected chi connectivity index (χ2v) is 27.2. The first kappa shape index (κ1) is 60.6. The summed E-state index contributed by atoms with van der Waals surface area (Å²) < 4.78 is 64.1. The van der Waals surface area contributed by atoms with Crippen molar-refractivity contribution in [2.24, 2.45) is 11.8 Å². The third-order valence-corrected chi connectivity index (χ3v) is 17.5. The van der Waals surface area contributed by atoms with Crippen LogP contribution < -0.4 is 29.9 Å². The molecule has 0 aliphatic heterocycles. The summed E-state index contributed by atoms with van der Waals surface area (Å²) in [5.74, 6) is -0.519. The summed E-state index contributed by atoms with van der Waals surface area (Å²) in [4.78, 5) is 55.6. The zero-order valence-corrected chi connectivity index (χ0v) is 46.0. The molecule has 0 aliphatic rings. The first-order valence-electron chi connectivity index (χ1n) is 22.7. The average molecular weight is 1030 g/mol. The molecular weight excluding hydrogens is 955 g/mol. The Hall–Kier alpha value is -3.48. The average Bonchev–Trinajstić information content (AvgIpc) is 3.21. The van der Waals surface area contributed by atoms with Crippen LogP contribution in [0.25, 0.3) is 0 Å². The Morgan fingerprint density at radius 1 is 0.632 bits per heavy atom. The monoisotopic (exact) mass is 1030 g/mol. The maximum atomic E-state index is 14.7. The zero-order valence-electron chi connectivity index (χ0n) is 42.6. The molecule has 0 saturated carbocycles. The van der Waals surface area contributed by atoms with Gasteiger partial charge in [0.25, 0.3) is 0 Å². The largest absolute Gasteiger partial charge is 0.462 e. The van der Waals surface area contributed by atoms with E-state index in [1.165, 1.54) is 16.7 Å². The van der Waals surface area contributed by atoms with Gasteiger partial charge in [0, 0.05) is 51.0 Å². The number of nitrogens with zero attached hydrogens (tertiary/aromatic N) is 2. The number of benzene rings is 2. The van der Waals surface area contributed by atoms with Gasteiger partial charge < -0.3 is 48.4 Å². The summed E-state index contributed by atoms with van der Waals surface area (Å²) in [6.07, 6.45) is -1.91. The standard InChI is InChI=1S/C46H78N6O12P2S2/c1-32(2)59-41(53)34(5)49-65(57,63-39-22-17-16-18-23-39)68-31-37(28-51(14)43(55)61-45(7,8)9)29-52(15)44(56)62-46(10,11)25-38-21-19-20-24-40(38)64-66(58,50-35(6)42(54)60-33(3)4)67-30-36(26-47-12)27-48-13/h16-24,32-37,47-48H,25-31H2,1-15H3,(H,49,57)(H,50,58)/t34-,35-,37?,65?,66-/m0/s1. The van der Waals surface area contributed by atoms with Gasteiger partial charge in [-0.1, -0.05) is 36.4 Å². The van der Waals surface area contributed by atoms with Gasteiger partial charge in [0.05, 0.1) is 12.2 Å². The Labute approximate surface area is 413 Å².